The summed E-state index contributed by atoms with van der Waals surface area (Å²) in [6, 6.07) is 2.01. The normalized spacial score (nSPS) is 16.3. The average Bonchev–Trinajstić information content (AvgIpc) is 2.87. The molecule has 0 aliphatic carbocycles. The van der Waals surface area contributed by atoms with Crippen LogP contribution in [0.15, 0.2) is 16.8 Å². The standard InChI is InChI=1S/C17H25N5O/c1-12(2)17-18-6-5-16(19-17)22-9-7-21(8-10-22)11-15-13(3)20-23-14(15)4/h5-6,12H,7-11H2,1-4H3. The monoisotopic (exact) mass is 315 g/mol. The molecule has 1 fully saturated rings. The largest absolute Gasteiger partial charge is 0.361 e. The van der Waals surface area contributed by atoms with E-state index in [2.05, 4.69) is 33.8 Å². The zero-order valence-corrected chi connectivity index (χ0v) is 14.4. The molecule has 0 bridgehead atoms. The summed E-state index contributed by atoms with van der Waals surface area (Å²) in [5.74, 6) is 3.25. The molecule has 0 atom stereocenters. The van der Waals surface area contributed by atoms with Crippen molar-refractivity contribution in [3.05, 3.63) is 35.1 Å². The first-order chi connectivity index (χ1) is 11.0. The van der Waals surface area contributed by atoms with Crippen molar-refractivity contribution in [1.29, 1.82) is 0 Å². The number of anilines is 1. The maximum atomic E-state index is 5.26. The third-order valence-electron chi connectivity index (χ3n) is 4.44. The molecular weight excluding hydrogens is 290 g/mol. The minimum atomic E-state index is 0.357. The molecule has 2 aromatic rings. The van der Waals surface area contributed by atoms with Crippen LogP contribution in [0.1, 0.15) is 42.6 Å². The highest BCUT2D eigenvalue weighted by atomic mass is 16.5. The maximum absolute atomic E-state index is 5.26. The second kappa shape index (κ2) is 6.66. The molecule has 0 spiro atoms. The van der Waals surface area contributed by atoms with Crippen molar-refractivity contribution < 1.29 is 4.52 Å². The zero-order valence-electron chi connectivity index (χ0n) is 14.4. The summed E-state index contributed by atoms with van der Waals surface area (Å²) in [6.07, 6.45) is 1.87. The van der Waals surface area contributed by atoms with Gasteiger partial charge in [-0.25, -0.2) is 9.97 Å². The van der Waals surface area contributed by atoms with Gasteiger partial charge in [-0.1, -0.05) is 19.0 Å². The number of aryl methyl sites for hydroxylation is 2. The maximum Gasteiger partial charge on any atom is 0.138 e. The highest BCUT2D eigenvalue weighted by Crippen LogP contribution is 2.19. The molecule has 1 aliphatic heterocycles. The minimum Gasteiger partial charge on any atom is -0.361 e. The number of aromatic nitrogens is 3. The van der Waals surface area contributed by atoms with Crippen LogP contribution in [-0.4, -0.2) is 46.2 Å². The zero-order chi connectivity index (χ0) is 16.4. The lowest BCUT2D eigenvalue weighted by molar-refractivity contribution is 0.247. The number of hydrogen-bond donors (Lipinski definition) is 0. The molecule has 0 unspecified atom stereocenters. The van der Waals surface area contributed by atoms with E-state index in [-0.39, 0.29) is 0 Å². The van der Waals surface area contributed by atoms with E-state index in [1.54, 1.807) is 0 Å². The van der Waals surface area contributed by atoms with Crippen molar-refractivity contribution in [3.63, 3.8) is 0 Å². The predicted octanol–water partition coefficient (Wildman–Crippen LogP) is 2.53. The first kappa shape index (κ1) is 15.9. The third kappa shape index (κ3) is 3.52. The van der Waals surface area contributed by atoms with Crippen LogP contribution in [0.2, 0.25) is 0 Å². The molecule has 1 saturated heterocycles. The van der Waals surface area contributed by atoms with Gasteiger partial charge in [0.15, 0.2) is 0 Å². The van der Waals surface area contributed by atoms with E-state index in [1.165, 1.54) is 5.56 Å². The van der Waals surface area contributed by atoms with Crippen LogP contribution in [0, 0.1) is 13.8 Å². The van der Waals surface area contributed by atoms with Crippen LogP contribution < -0.4 is 4.90 Å². The molecule has 0 aromatic carbocycles. The first-order valence-corrected chi connectivity index (χ1v) is 8.26. The molecule has 0 N–H and O–H groups in total. The minimum absolute atomic E-state index is 0.357. The Hall–Kier alpha value is -1.95. The van der Waals surface area contributed by atoms with Gasteiger partial charge >= 0.3 is 0 Å². The molecule has 3 heterocycles. The van der Waals surface area contributed by atoms with Crippen molar-refractivity contribution in [1.82, 2.24) is 20.0 Å². The SMILES string of the molecule is Cc1noc(C)c1CN1CCN(c2ccnc(C(C)C)n2)CC1. The summed E-state index contributed by atoms with van der Waals surface area (Å²) in [5, 5.41) is 4.04. The molecule has 0 amide bonds. The number of hydrogen-bond acceptors (Lipinski definition) is 6. The number of rotatable bonds is 4. The van der Waals surface area contributed by atoms with Crippen LogP contribution in [0.5, 0.6) is 0 Å². The Kier molecular flexibility index (Phi) is 4.61. The summed E-state index contributed by atoms with van der Waals surface area (Å²) in [5.41, 5.74) is 2.23. The predicted molar refractivity (Wildman–Crippen MR) is 89.6 cm³/mol. The van der Waals surface area contributed by atoms with Crippen molar-refractivity contribution in [2.45, 2.75) is 40.2 Å². The molecule has 6 heteroatoms. The van der Waals surface area contributed by atoms with E-state index < -0.39 is 0 Å². The third-order valence-corrected chi connectivity index (χ3v) is 4.44. The fourth-order valence-electron chi connectivity index (χ4n) is 2.90. The molecule has 2 aromatic heterocycles. The summed E-state index contributed by atoms with van der Waals surface area (Å²) in [4.78, 5) is 13.8. The highest BCUT2D eigenvalue weighted by Gasteiger charge is 2.21. The summed E-state index contributed by atoms with van der Waals surface area (Å²) in [7, 11) is 0. The molecule has 6 nitrogen and oxygen atoms in total. The van der Waals surface area contributed by atoms with E-state index in [9.17, 15) is 0 Å². The van der Waals surface area contributed by atoms with Crippen molar-refractivity contribution >= 4 is 5.82 Å². The van der Waals surface area contributed by atoms with Crippen LogP contribution in [0.25, 0.3) is 0 Å². The Balaban J connectivity index is 1.61. The van der Waals surface area contributed by atoms with Gasteiger partial charge in [0.25, 0.3) is 0 Å². The topological polar surface area (TPSA) is 58.3 Å². The van der Waals surface area contributed by atoms with Crippen LogP contribution >= 0.6 is 0 Å². The quantitative estimate of drug-likeness (QED) is 0.864. The van der Waals surface area contributed by atoms with E-state index in [4.69, 9.17) is 9.51 Å². The Labute approximate surface area is 137 Å². The van der Waals surface area contributed by atoms with Gasteiger partial charge < -0.3 is 9.42 Å². The van der Waals surface area contributed by atoms with Crippen molar-refractivity contribution in [3.8, 4) is 0 Å². The first-order valence-electron chi connectivity index (χ1n) is 8.26. The van der Waals surface area contributed by atoms with Gasteiger partial charge in [0.05, 0.1) is 5.69 Å². The second-order valence-electron chi connectivity index (χ2n) is 6.49. The highest BCUT2D eigenvalue weighted by molar-refractivity contribution is 5.38. The molecule has 1 aliphatic rings. The van der Waals surface area contributed by atoms with Gasteiger partial charge in [0, 0.05) is 50.4 Å². The molecule has 3 rings (SSSR count). The number of piperazine rings is 1. The summed E-state index contributed by atoms with van der Waals surface area (Å²) >= 11 is 0. The van der Waals surface area contributed by atoms with E-state index in [1.807, 2.05) is 26.1 Å². The van der Waals surface area contributed by atoms with Crippen LogP contribution in [0.3, 0.4) is 0 Å². The lowest BCUT2D eigenvalue weighted by Crippen LogP contribution is -2.46. The fraction of sp³-hybridized carbons (Fsp3) is 0.588. The lowest BCUT2D eigenvalue weighted by Gasteiger charge is -2.35. The van der Waals surface area contributed by atoms with Gasteiger partial charge in [0.1, 0.15) is 17.4 Å². The second-order valence-corrected chi connectivity index (χ2v) is 6.49. The van der Waals surface area contributed by atoms with Crippen molar-refractivity contribution in [2.75, 3.05) is 31.1 Å². The molecule has 0 radical (unpaired) electrons. The Bertz CT molecular complexity index is 639. The van der Waals surface area contributed by atoms with Gasteiger partial charge in [-0.05, 0) is 19.9 Å². The Morgan fingerprint density at radius 3 is 2.52 bits per heavy atom. The number of nitrogens with zero attached hydrogens (tertiary/aromatic N) is 5. The Morgan fingerprint density at radius 1 is 1.17 bits per heavy atom. The molecule has 124 valence electrons. The van der Waals surface area contributed by atoms with Crippen LogP contribution in [0.4, 0.5) is 5.82 Å². The fourth-order valence-corrected chi connectivity index (χ4v) is 2.90. The summed E-state index contributed by atoms with van der Waals surface area (Å²) < 4.78 is 5.26. The summed E-state index contributed by atoms with van der Waals surface area (Å²) in [6.45, 7) is 13.2. The smallest absolute Gasteiger partial charge is 0.138 e. The van der Waals surface area contributed by atoms with Gasteiger partial charge in [-0.3, -0.25) is 4.90 Å². The average molecular weight is 315 g/mol. The molecular formula is C17H25N5O. The molecule has 23 heavy (non-hydrogen) atoms. The van der Waals surface area contributed by atoms with Crippen LogP contribution in [-0.2, 0) is 6.54 Å². The van der Waals surface area contributed by atoms with Gasteiger partial charge in [-0.2, -0.15) is 0 Å². The molecule has 0 saturated carbocycles. The van der Waals surface area contributed by atoms with Gasteiger partial charge in [-0.15, -0.1) is 0 Å². The van der Waals surface area contributed by atoms with E-state index in [0.29, 0.717) is 5.92 Å². The van der Waals surface area contributed by atoms with E-state index in [0.717, 1.165) is 55.8 Å². The van der Waals surface area contributed by atoms with E-state index >= 15 is 0 Å². The van der Waals surface area contributed by atoms with Crippen molar-refractivity contribution in [2.24, 2.45) is 0 Å². The van der Waals surface area contributed by atoms with Gasteiger partial charge in [0.2, 0.25) is 0 Å². The lowest BCUT2D eigenvalue weighted by atomic mass is 10.1. The Morgan fingerprint density at radius 2 is 1.91 bits per heavy atom.